The predicted octanol–water partition coefficient (Wildman–Crippen LogP) is 2.28. The zero-order chi connectivity index (χ0) is 10.7. The minimum Gasteiger partial charge on any atom is -0.379 e. The van der Waals surface area contributed by atoms with Gasteiger partial charge < -0.3 is 4.74 Å². The highest BCUT2D eigenvalue weighted by Gasteiger charge is 2.20. The highest BCUT2D eigenvalue weighted by atomic mass is 35.5. The van der Waals surface area contributed by atoms with Crippen molar-refractivity contribution in [2.24, 2.45) is 0 Å². The van der Waals surface area contributed by atoms with Crippen LogP contribution in [0.5, 0.6) is 0 Å². The molecular weight excluding hydrogens is 232 g/mol. The number of halogens is 1. The molecule has 1 fully saturated rings. The number of alkyl halides is 1. The Morgan fingerprint density at radius 1 is 1.60 bits per heavy atom. The minimum atomic E-state index is 0.385. The van der Waals surface area contributed by atoms with Gasteiger partial charge in [-0.3, -0.25) is 4.90 Å². The van der Waals surface area contributed by atoms with Crippen LogP contribution >= 0.6 is 22.9 Å². The lowest BCUT2D eigenvalue weighted by Crippen LogP contribution is -2.37. The summed E-state index contributed by atoms with van der Waals surface area (Å²) in [5, 5.41) is 3.20. The van der Waals surface area contributed by atoms with Gasteiger partial charge in [-0.05, 0) is 6.92 Å². The van der Waals surface area contributed by atoms with Crippen molar-refractivity contribution >= 4 is 22.9 Å². The maximum Gasteiger partial charge on any atom is 0.110 e. The second-order valence-corrected chi connectivity index (χ2v) is 4.79. The first-order chi connectivity index (χ1) is 7.31. The lowest BCUT2D eigenvalue weighted by Gasteiger charge is -2.31. The summed E-state index contributed by atoms with van der Waals surface area (Å²) in [6.07, 6.45) is 0. The summed E-state index contributed by atoms with van der Waals surface area (Å²) >= 11 is 7.44. The molecule has 2 rings (SSSR count). The number of thiazole rings is 1. The van der Waals surface area contributed by atoms with Crippen molar-refractivity contribution < 1.29 is 4.74 Å². The maximum atomic E-state index is 5.74. The van der Waals surface area contributed by atoms with E-state index in [2.05, 4.69) is 16.8 Å². The Kier molecular flexibility index (Phi) is 3.97. The van der Waals surface area contributed by atoms with Gasteiger partial charge >= 0.3 is 0 Å². The Morgan fingerprint density at radius 3 is 2.93 bits per heavy atom. The lowest BCUT2D eigenvalue weighted by molar-refractivity contribution is 0.0198. The molecule has 3 nitrogen and oxygen atoms in total. The van der Waals surface area contributed by atoms with Gasteiger partial charge in [0.05, 0.1) is 30.8 Å². The molecule has 5 heteroatoms. The van der Waals surface area contributed by atoms with Crippen LogP contribution in [0.4, 0.5) is 0 Å². The lowest BCUT2D eigenvalue weighted by atomic mass is 10.2. The smallest absolute Gasteiger partial charge is 0.110 e. The van der Waals surface area contributed by atoms with Crippen molar-refractivity contribution in [2.45, 2.75) is 18.8 Å². The van der Waals surface area contributed by atoms with Crippen molar-refractivity contribution in [2.75, 3.05) is 26.3 Å². The predicted molar refractivity (Wildman–Crippen MR) is 62.5 cm³/mol. The molecule has 1 aliphatic rings. The summed E-state index contributed by atoms with van der Waals surface area (Å²) in [5.74, 6) is 0.506. The van der Waals surface area contributed by atoms with Crippen LogP contribution < -0.4 is 0 Å². The van der Waals surface area contributed by atoms with E-state index in [0.29, 0.717) is 11.9 Å². The summed E-state index contributed by atoms with van der Waals surface area (Å²) < 4.78 is 5.33. The standard InChI is InChI=1S/C10H15ClN2OS/c1-8(13-2-4-14-5-3-13)10-12-9(6-11)7-15-10/h7-8H,2-6H2,1H3. The molecule has 0 saturated carbocycles. The molecule has 0 bridgehead atoms. The molecule has 2 heterocycles. The van der Waals surface area contributed by atoms with Crippen LogP contribution in [0.3, 0.4) is 0 Å². The molecule has 0 aromatic carbocycles. The van der Waals surface area contributed by atoms with Crippen LogP contribution in [0.25, 0.3) is 0 Å². The molecule has 84 valence electrons. The van der Waals surface area contributed by atoms with E-state index in [1.807, 2.05) is 5.38 Å². The van der Waals surface area contributed by atoms with E-state index in [1.165, 1.54) is 0 Å². The second kappa shape index (κ2) is 5.25. The maximum absolute atomic E-state index is 5.74. The van der Waals surface area contributed by atoms with E-state index >= 15 is 0 Å². The monoisotopic (exact) mass is 246 g/mol. The van der Waals surface area contributed by atoms with E-state index in [1.54, 1.807) is 11.3 Å². The van der Waals surface area contributed by atoms with E-state index in [-0.39, 0.29) is 0 Å². The quantitative estimate of drug-likeness (QED) is 0.766. The number of morpholine rings is 1. The van der Waals surface area contributed by atoms with Crippen LogP contribution in [0, 0.1) is 0 Å². The Morgan fingerprint density at radius 2 is 2.33 bits per heavy atom. The van der Waals surface area contributed by atoms with Crippen molar-refractivity contribution in [3.63, 3.8) is 0 Å². The van der Waals surface area contributed by atoms with Crippen molar-refractivity contribution in [3.8, 4) is 0 Å². The Bertz CT molecular complexity index is 312. The third-order valence-electron chi connectivity index (χ3n) is 2.66. The fraction of sp³-hybridized carbons (Fsp3) is 0.700. The molecule has 1 saturated heterocycles. The minimum absolute atomic E-state index is 0.385. The summed E-state index contributed by atoms with van der Waals surface area (Å²) in [5.41, 5.74) is 0.983. The van der Waals surface area contributed by atoms with Crippen LogP contribution in [0.1, 0.15) is 23.7 Å². The topological polar surface area (TPSA) is 25.4 Å². The molecule has 1 atom stereocenters. The van der Waals surface area contributed by atoms with Gasteiger partial charge in [0, 0.05) is 18.5 Å². The number of ether oxygens (including phenoxy) is 1. The van der Waals surface area contributed by atoms with Crippen molar-refractivity contribution in [1.29, 1.82) is 0 Å². The summed E-state index contributed by atoms with van der Waals surface area (Å²) in [6.45, 7) is 5.85. The fourth-order valence-corrected chi connectivity index (χ4v) is 2.83. The zero-order valence-corrected chi connectivity index (χ0v) is 10.4. The SMILES string of the molecule is CC(c1nc(CCl)cs1)N1CCOCC1. The number of nitrogens with zero attached hydrogens (tertiary/aromatic N) is 2. The first-order valence-electron chi connectivity index (χ1n) is 5.13. The second-order valence-electron chi connectivity index (χ2n) is 3.64. The molecule has 1 unspecified atom stereocenters. The summed E-state index contributed by atoms with van der Waals surface area (Å²) in [6, 6.07) is 0.385. The average Bonchev–Trinajstić information content (AvgIpc) is 2.78. The molecule has 1 aromatic rings. The highest BCUT2D eigenvalue weighted by Crippen LogP contribution is 2.24. The molecule has 0 radical (unpaired) electrons. The van der Waals surface area contributed by atoms with E-state index in [4.69, 9.17) is 16.3 Å². The van der Waals surface area contributed by atoms with Crippen LogP contribution in [-0.2, 0) is 10.6 Å². The largest absolute Gasteiger partial charge is 0.379 e. The summed E-state index contributed by atoms with van der Waals surface area (Å²) in [4.78, 5) is 6.91. The number of hydrogen-bond acceptors (Lipinski definition) is 4. The average molecular weight is 247 g/mol. The van der Waals surface area contributed by atoms with Gasteiger partial charge in [0.25, 0.3) is 0 Å². The van der Waals surface area contributed by atoms with Crippen LogP contribution in [0.15, 0.2) is 5.38 Å². The number of hydrogen-bond donors (Lipinski definition) is 0. The normalized spacial score (nSPS) is 20.4. The van der Waals surface area contributed by atoms with Gasteiger partial charge in [-0.15, -0.1) is 22.9 Å². The van der Waals surface area contributed by atoms with Gasteiger partial charge in [-0.25, -0.2) is 4.98 Å². The third-order valence-corrected chi connectivity index (χ3v) is 3.99. The molecule has 1 aromatic heterocycles. The number of aromatic nitrogens is 1. The van der Waals surface area contributed by atoms with E-state index in [9.17, 15) is 0 Å². The third kappa shape index (κ3) is 2.69. The van der Waals surface area contributed by atoms with Crippen LogP contribution in [-0.4, -0.2) is 36.2 Å². The molecule has 15 heavy (non-hydrogen) atoms. The van der Waals surface area contributed by atoms with Gasteiger partial charge in [-0.1, -0.05) is 0 Å². The Labute approximate surface area is 99.0 Å². The van der Waals surface area contributed by atoms with Gasteiger partial charge in [0.2, 0.25) is 0 Å². The molecule has 0 N–H and O–H groups in total. The van der Waals surface area contributed by atoms with Crippen molar-refractivity contribution in [3.05, 3.63) is 16.1 Å². The molecule has 0 aliphatic carbocycles. The highest BCUT2D eigenvalue weighted by molar-refractivity contribution is 7.09. The van der Waals surface area contributed by atoms with Gasteiger partial charge in [0.1, 0.15) is 5.01 Å². The van der Waals surface area contributed by atoms with Gasteiger partial charge in [-0.2, -0.15) is 0 Å². The van der Waals surface area contributed by atoms with E-state index in [0.717, 1.165) is 37.0 Å². The first kappa shape index (κ1) is 11.3. The van der Waals surface area contributed by atoms with Gasteiger partial charge in [0.15, 0.2) is 0 Å². The molecule has 1 aliphatic heterocycles. The zero-order valence-electron chi connectivity index (χ0n) is 8.78. The summed E-state index contributed by atoms with van der Waals surface area (Å²) in [7, 11) is 0. The first-order valence-corrected chi connectivity index (χ1v) is 6.54. The van der Waals surface area contributed by atoms with Crippen LogP contribution in [0.2, 0.25) is 0 Å². The molecule has 0 spiro atoms. The van der Waals surface area contributed by atoms with Crippen molar-refractivity contribution in [1.82, 2.24) is 9.88 Å². The molecule has 0 amide bonds. The number of rotatable bonds is 3. The van der Waals surface area contributed by atoms with E-state index < -0.39 is 0 Å². The fourth-order valence-electron chi connectivity index (χ4n) is 1.70. The molecular formula is C10H15ClN2OS. The Hall–Kier alpha value is -0.160. The Balaban J connectivity index is 2.02.